The van der Waals surface area contributed by atoms with Crippen molar-refractivity contribution in [2.24, 2.45) is 0 Å². The van der Waals surface area contributed by atoms with E-state index in [9.17, 15) is 9.90 Å². The summed E-state index contributed by atoms with van der Waals surface area (Å²) in [5, 5.41) is 15.9. The predicted molar refractivity (Wildman–Crippen MR) is 69.9 cm³/mol. The van der Waals surface area contributed by atoms with Crippen molar-refractivity contribution in [3.8, 4) is 0 Å². The zero-order chi connectivity index (χ0) is 13.5. The number of hydrogen-bond donors (Lipinski definition) is 3. The normalized spacial score (nSPS) is 15.1. The Balaban J connectivity index is 3.66. The molecule has 0 saturated heterocycles. The zero-order valence-corrected chi connectivity index (χ0v) is 11.7. The van der Waals surface area contributed by atoms with Gasteiger partial charge in [-0.1, -0.05) is 0 Å². The van der Waals surface area contributed by atoms with Crippen molar-refractivity contribution in [3.05, 3.63) is 0 Å². The molecular weight excluding hydrogens is 218 g/mol. The summed E-state index contributed by atoms with van der Waals surface area (Å²) >= 11 is 0. The van der Waals surface area contributed by atoms with E-state index in [2.05, 4.69) is 10.6 Å². The molecule has 1 unspecified atom stereocenters. The predicted octanol–water partition coefficient (Wildman–Crippen LogP) is -0.197. The van der Waals surface area contributed by atoms with E-state index in [0.29, 0.717) is 26.1 Å². The van der Waals surface area contributed by atoms with Crippen LogP contribution in [-0.2, 0) is 4.79 Å². The smallest absolute Gasteiger partial charge is 0.221 e. The highest BCUT2D eigenvalue weighted by Crippen LogP contribution is 2.02. The molecular formula is C12H27N3O2. The molecule has 1 amide bonds. The van der Waals surface area contributed by atoms with Gasteiger partial charge < -0.3 is 20.6 Å². The van der Waals surface area contributed by atoms with E-state index in [4.69, 9.17) is 0 Å². The quantitative estimate of drug-likeness (QED) is 0.518. The largest absolute Gasteiger partial charge is 0.388 e. The Bertz CT molecular complexity index is 228. The van der Waals surface area contributed by atoms with Crippen LogP contribution in [0.3, 0.4) is 0 Å². The van der Waals surface area contributed by atoms with Crippen LogP contribution in [0.4, 0.5) is 0 Å². The lowest BCUT2D eigenvalue weighted by molar-refractivity contribution is -0.121. The third kappa shape index (κ3) is 10.2. The van der Waals surface area contributed by atoms with Crippen molar-refractivity contribution in [3.63, 3.8) is 0 Å². The molecule has 0 saturated carbocycles. The van der Waals surface area contributed by atoms with Crippen LogP contribution in [0.15, 0.2) is 0 Å². The maximum Gasteiger partial charge on any atom is 0.221 e. The van der Waals surface area contributed by atoms with Gasteiger partial charge in [0.05, 0.1) is 5.60 Å². The van der Waals surface area contributed by atoms with Gasteiger partial charge in [-0.05, 0) is 34.9 Å². The first-order chi connectivity index (χ1) is 7.73. The van der Waals surface area contributed by atoms with E-state index >= 15 is 0 Å². The molecule has 0 spiro atoms. The Labute approximate surface area is 105 Å². The highest BCUT2D eigenvalue weighted by molar-refractivity contribution is 5.76. The maximum atomic E-state index is 11.3. The third-order valence-electron chi connectivity index (χ3n) is 2.14. The van der Waals surface area contributed by atoms with E-state index < -0.39 is 5.60 Å². The molecule has 0 aliphatic carbocycles. The number of aliphatic hydroxyl groups is 1. The second-order valence-electron chi connectivity index (χ2n) is 5.38. The number of carbonyl (C=O) groups is 1. The molecule has 0 radical (unpaired) electrons. The molecule has 0 rings (SSSR count). The minimum Gasteiger partial charge on any atom is -0.388 e. The molecule has 0 aromatic carbocycles. The van der Waals surface area contributed by atoms with Gasteiger partial charge >= 0.3 is 0 Å². The van der Waals surface area contributed by atoms with Gasteiger partial charge in [0.1, 0.15) is 0 Å². The summed E-state index contributed by atoms with van der Waals surface area (Å²) in [4.78, 5) is 13.3. The molecule has 0 aromatic rings. The topological polar surface area (TPSA) is 64.6 Å². The summed E-state index contributed by atoms with van der Waals surface area (Å²) in [7, 11) is 3.84. The SMILES string of the molecule is CC(C)NC(=O)CCNCC(C)(O)CN(C)C. The van der Waals surface area contributed by atoms with Crippen molar-refractivity contribution in [2.45, 2.75) is 38.8 Å². The summed E-state index contributed by atoms with van der Waals surface area (Å²) in [6, 6.07) is 0.180. The van der Waals surface area contributed by atoms with Crippen molar-refractivity contribution in [1.82, 2.24) is 15.5 Å². The molecule has 0 aliphatic heterocycles. The van der Waals surface area contributed by atoms with Crippen molar-refractivity contribution < 1.29 is 9.90 Å². The first kappa shape index (κ1) is 16.4. The molecule has 5 nitrogen and oxygen atoms in total. The number of nitrogens with zero attached hydrogens (tertiary/aromatic N) is 1. The second-order valence-corrected chi connectivity index (χ2v) is 5.38. The Hall–Kier alpha value is -0.650. The fourth-order valence-corrected chi connectivity index (χ4v) is 1.69. The second kappa shape index (κ2) is 7.63. The van der Waals surface area contributed by atoms with E-state index in [1.807, 2.05) is 32.8 Å². The van der Waals surface area contributed by atoms with Crippen LogP contribution in [0.2, 0.25) is 0 Å². The van der Waals surface area contributed by atoms with Crippen molar-refractivity contribution in [1.29, 1.82) is 0 Å². The van der Waals surface area contributed by atoms with Crippen molar-refractivity contribution in [2.75, 3.05) is 33.7 Å². The number of amides is 1. The van der Waals surface area contributed by atoms with Crippen LogP contribution in [0.1, 0.15) is 27.2 Å². The van der Waals surface area contributed by atoms with Crippen LogP contribution in [0.5, 0.6) is 0 Å². The highest BCUT2D eigenvalue weighted by atomic mass is 16.3. The molecule has 0 aliphatic rings. The van der Waals surface area contributed by atoms with Crippen molar-refractivity contribution >= 4 is 5.91 Å². The third-order valence-corrected chi connectivity index (χ3v) is 2.14. The van der Waals surface area contributed by atoms with Crippen LogP contribution in [0, 0.1) is 0 Å². The lowest BCUT2D eigenvalue weighted by Crippen LogP contribution is -2.46. The molecule has 17 heavy (non-hydrogen) atoms. The summed E-state index contributed by atoms with van der Waals surface area (Å²) in [5.74, 6) is 0.0414. The summed E-state index contributed by atoms with van der Waals surface area (Å²) in [5.41, 5.74) is -0.766. The fraction of sp³-hybridized carbons (Fsp3) is 0.917. The molecule has 5 heteroatoms. The maximum absolute atomic E-state index is 11.3. The van der Waals surface area contributed by atoms with Crippen LogP contribution in [0.25, 0.3) is 0 Å². The van der Waals surface area contributed by atoms with Crippen LogP contribution in [-0.4, -0.2) is 61.3 Å². The number of likely N-dealkylation sites (N-methyl/N-ethyl adjacent to an activating group) is 1. The van der Waals surface area contributed by atoms with Gasteiger partial charge in [-0.3, -0.25) is 4.79 Å². The standard InChI is InChI=1S/C12H27N3O2/c1-10(2)14-11(16)6-7-13-8-12(3,17)9-15(4)5/h10,13,17H,6-9H2,1-5H3,(H,14,16). The van der Waals surface area contributed by atoms with Crippen LogP contribution >= 0.6 is 0 Å². The lowest BCUT2D eigenvalue weighted by atomic mass is 10.1. The zero-order valence-electron chi connectivity index (χ0n) is 11.7. The minimum atomic E-state index is -0.766. The summed E-state index contributed by atoms with van der Waals surface area (Å²) in [6.07, 6.45) is 0.441. The first-order valence-electron chi connectivity index (χ1n) is 6.10. The fourth-order valence-electron chi connectivity index (χ4n) is 1.69. The summed E-state index contributed by atoms with van der Waals surface area (Å²) < 4.78 is 0. The lowest BCUT2D eigenvalue weighted by Gasteiger charge is -2.27. The Morgan fingerprint density at radius 2 is 2.00 bits per heavy atom. The van der Waals surface area contributed by atoms with E-state index in [0.717, 1.165) is 0 Å². The number of carbonyl (C=O) groups excluding carboxylic acids is 1. The molecule has 0 heterocycles. The Morgan fingerprint density at radius 1 is 1.41 bits per heavy atom. The minimum absolute atomic E-state index is 0.0414. The number of hydrogen-bond acceptors (Lipinski definition) is 4. The Kier molecular flexibility index (Phi) is 7.34. The molecule has 1 atom stereocenters. The highest BCUT2D eigenvalue weighted by Gasteiger charge is 2.20. The van der Waals surface area contributed by atoms with E-state index in [-0.39, 0.29) is 11.9 Å². The molecule has 0 fully saturated rings. The monoisotopic (exact) mass is 245 g/mol. The number of nitrogens with one attached hydrogen (secondary N) is 2. The van der Waals surface area contributed by atoms with Gasteiger partial charge in [0.2, 0.25) is 5.91 Å². The van der Waals surface area contributed by atoms with Gasteiger partial charge in [0.15, 0.2) is 0 Å². The summed E-state index contributed by atoms with van der Waals surface area (Å²) in [6.45, 7) is 7.33. The van der Waals surface area contributed by atoms with Crippen LogP contribution < -0.4 is 10.6 Å². The number of rotatable bonds is 8. The van der Waals surface area contributed by atoms with Gasteiger partial charge in [0, 0.05) is 32.1 Å². The molecule has 3 N–H and O–H groups in total. The first-order valence-corrected chi connectivity index (χ1v) is 6.10. The van der Waals surface area contributed by atoms with Gasteiger partial charge in [-0.15, -0.1) is 0 Å². The molecule has 102 valence electrons. The van der Waals surface area contributed by atoms with E-state index in [1.54, 1.807) is 6.92 Å². The molecule has 0 bridgehead atoms. The van der Waals surface area contributed by atoms with E-state index in [1.165, 1.54) is 0 Å². The molecule has 0 aromatic heterocycles. The van der Waals surface area contributed by atoms with Gasteiger partial charge in [0.25, 0.3) is 0 Å². The average molecular weight is 245 g/mol. The van der Waals surface area contributed by atoms with Gasteiger partial charge in [-0.2, -0.15) is 0 Å². The Morgan fingerprint density at radius 3 is 2.47 bits per heavy atom. The van der Waals surface area contributed by atoms with Gasteiger partial charge in [-0.25, -0.2) is 0 Å². The average Bonchev–Trinajstić information content (AvgIpc) is 2.09.